The number of rotatable bonds is 4. The monoisotopic (exact) mass is 359 g/mol. The number of nitrogens with zero attached hydrogens (tertiary/aromatic N) is 1. The van der Waals surface area contributed by atoms with Gasteiger partial charge in [0.15, 0.2) is 0 Å². The fourth-order valence-electron chi connectivity index (χ4n) is 2.57. The third kappa shape index (κ3) is 4.44. The molecule has 0 atom stereocenters. The summed E-state index contributed by atoms with van der Waals surface area (Å²) in [5.74, 6) is -0.129. The standard InChI is InChI=1S/C15H21N3O3S.ClH/c16-12-6-8-18(9-7-12)15(19)11-2-1-3-14(10-11)22(20,21)17-13-4-5-13;/h1-3,10,12-13,17H,4-9,16H2;1H. The van der Waals surface area contributed by atoms with Crippen molar-refractivity contribution in [3.05, 3.63) is 29.8 Å². The predicted molar refractivity (Wildman–Crippen MR) is 90.1 cm³/mol. The van der Waals surface area contributed by atoms with E-state index in [1.807, 2.05) is 0 Å². The molecule has 8 heteroatoms. The number of piperidine rings is 1. The number of likely N-dealkylation sites (tertiary alicyclic amines) is 1. The summed E-state index contributed by atoms with van der Waals surface area (Å²) in [6, 6.07) is 6.46. The van der Waals surface area contributed by atoms with E-state index in [2.05, 4.69) is 4.72 Å². The lowest BCUT2D eigenvalue weighted by Crippen LogP contribution is -2.42. The molecule has 6 nitrogen and oxygen atoms in total. The second kappa shape index (κ2) is 7.17. The topological polar surface area (TPSA) is 92.5 Å². The first-order valence-electron chi connectivity index (χ1n) is 7.63. The highest BCUT2D eigenvalue weighted by Crippen LogP contribution is 2.23. The fourth-order valence-corrected chi connectivity index (χ4v) is 3.92. The van der Waals surface area contributed by atoms with Crippen LogP contribution in [0.2, 0.25) is 0 Å². The summed E-state index contributed by atoms with van der Waals surface area (Å²) in [6.07, 6.45) is 3.33. The van der Waals surface area contributed by atoms with Gasteiger partial charge in [0.2, 0.25) is 10.0 Å². The zero-order chi connectivity index (χ0) is 15.7. The Bertz CT molecular complexity index is 668. The number of sulfonamides is 1. The Morgan fingerprint density at radius 2 is 1.83 bits per heavy atom. The van der Waals surface area contributed by atoms with Crippen molar-refractivity contribution in [3.63, 3.8) is 0 Å². The minimum Gasteiger partial charge on any atom is -0.339 e. The van der Waals surface area contributed by atoms with Gasteiger partial charge in [0.05, 0.1) is 4.90 Å². The Morgan fingerprint density at radius 1 is 1.17 bits per heavy atom. The van der Waals surface area contributed by atoms with E-state index in [9.17, 15) is 13.2 Å². The summed E-state index contributed by atoms with van der Waals surface area (Å²) in [7, 11) is -3.53. The second-order valence-corrected chi connectivity index (χ2v) is 7.77. The van der Waals surface area contributed by atoms with Gasteiger partial charge in [-0.2, -0.15) is 0 Å². The van der Waals surface area contributed by atoms with Crippen LogP contribution in [-0.4, -0.2) is 44.4 Å². The Kier molecular flexibility index (Phi) is 5.67. The summed E-state index contributed by atoms with van der Waals surface area (Å²) < 4.78 is 27.1. The lowest BCUT2D eigenvalue weighted by Gasteiger charge is -2.30. The molecule has 1 aliphatic carbocycles. The van der Waals surface area contributed by atoms with Crippen LogP contribution in [0.5, 0.6) is 0 Å². The highest BCUT2D eigenvalue weighted by molar-refractivity contribution is 7.89. The van der Waals surface area contributed by atoms with Gasteiger partial charge in [-0.1, -0.05) is 6.07 Å². The maximum Gasteiger partial charge on any atom is 0.253 e. The van der Waals surface area contributed by atoms with Gasteiger partial charge < -0.3 is 10.6 Å². The Morgan fingerprint density at radius 3 is 2.43 bits per heavy atom. The van der Waals surface area contributed by atoms with Crippen LogP contribution < -0.4 is 10.5 Å². The molecule has 0 aromatic heterocycles. The van der Waals surface area contributed by atoms with E-state index in [0.29, 0.717) is 18.7 Å². The first kappa shape index (κ1) is 18.2. The van der Waals surface area contributed by atoms with E-state index in [1.165, 1.54) is 12.1 Å². The number of carbonyl (C=O) groups is 1. The van der Waals surface area contributed by atoms with Gasteiger partial charge in [-0.15, -0.1) is 12.4 Å². The highest BCUT2D eigenvalue weighted by Gasteiger charge is 2.29. The molecule has 1 heterocycles. The molecule has 128 valence electrons. The van der Waals surface area contributed by atoms with Crippen LogP contribution in [0.25, 0.3) is 0 Å². The van der Waals surface area contributed by atoms with E-state index < -0.39 is 10.0 Å². The fraction of sp³-hybridized carbons (Fsp3) is 0.533. The quantitative estimate of drug-likeness (QED) is 0.842. The number of hydrogen-bond acceptors (Lipinski definition) is 4. The number of nitrogens with one attached hydrogen (secondary N) is 1. The Hall–Kier alpha value is -1.15. The van der Waals surface area contributed by atoms with Gasteiger partial charge in [-0.05, 0) is 43.9 Å². The Labute approximate surface area is 142 Å². The smallest absolute Gasteiger partial charge is 0.253 e. The molecule has 1 amide bonds. The van der Waals surface area contributed by atoms with Gasteiger partial charge in [0.1, 0.15) is 0 Å². The second-order valence-electron chi connectivity index (χ2n) is 6.05. The van der Waals surface area contributed by atoms with Gasteiger partial charge in [0.25, 0.3) is 5.91 Å². The molecule has 1 aliphatic heterocycles. The average molecular weight is 360 g/mol. The first-order chi connectivity index (χ1) is 10.5. The molecule has 0 spiro atoms. The van der Waals surface area contributed by atoms with Crippen LogP contribution >= 0.6 is 12.4 Å². The van der Waals surface area contributed by atoms with E-state index in [-0.39, 0.29) is 35.3 Å². The number of nitrogens with two attached hydrogens (primary N) is 1. The maximum atomic E-state index is 12.5. The molecular weight excluding hydrogens is 338 g/mol. The number of carbonyl (C=O) groups excluding carboxylic acids is 1. The lowest BCUT2D eigenvalue weighted by molar-refractivity contribution is 0.0714. The molecule has 0 radical (unpaired) electrons. The summed E-state index contributed by atoms with van der Waals surface area (Å²) in [5, 5.41) is 0. The molecule has 0 unspecified atom stereocenters. The van der Waals surface area contributed by atoms with Crippen molar-refractivity contribution in [2.24, 2.45) is 5.73 Å². The van der Waals surface area contributed by atoms with E-state index in [1.54, 1.807) is 17.0 Å². The van der Waals surface area contributed by atoms with Gasteiger partial charge in [0, 0.05) is 30.7 Å². The zero-order valence-corrected chi connectivity index (χ0v) is 14.4. The van der Waals surface area contributed by atoms with Crippen LogP contribution in [0.3, 0.4) is 0 Å². The van der Waals surface area contributed by atoms with Crippen molar-refractivity contribution < 1.29 is 13.2 Å². The first-order valence-corrected chi connectivity index (χ1v) is 9.11. The molecule has 23 heavy (non-hydrogen) atoms. The van der Waals surface area contributed by atoms with Crippen molar-refractivity contribution in [2.75, 3.05) is 13.1 Å². The van der Waals surface area contributed by atoms with Crippen LogP contribution in [-0.2, 0) is 10.0 Å². The van der Waals surface area contributed by atoms with Gasteiger partial charge in [-0.25, -0.2) is 13.1 Å². The van der Waals surface area contributed by atoms with Crippen LogP contribution in [0.1, 0.15) is 36.0 Å². The molecule has 0 bridgehead atoms. The summed E-state index contributed by atoms with van der Waals surface area (Å²) >= 11 is 0. The molecule has 3 rings (SSSR count). The molecule has 1 saturated heterocycles. The van der Waals surface area contributed by atoms with Crippen molar-refractivity contribution in [2.45, 2.75) is 42.7 Å². The molecule has 2 aliphatic rings. The number of hydrogen-bond donors (Lipinski definition) is 2. The summed E-state index contributed by atoms with van der Waals surface area (Å²) in [4.78, 5) is 14.4. The molecule has 3 N–H and O–H groups in total. The van der Waals surface area contributed by atoms with Crippen LogP contribution in [0, 0.1) is 0 Å². The third-order valence-electron chi connectivity index (χ3n) is 4.12. The van der Waals surface area contributed by atoms with Gasteiger partial charge >= 0.3 is 0 Å². The molecule has 1 saturated carbocycles. The highest BCUT2D eigenvalue weighted by atomic mass is 35.5. The number of benzene rings is 1. The van der Waals surface area contributed by atoms with Crippen molar-refractivity contribution in [3.8, 4) is 0 Å². The largest absolute Gasteiger partial charge is 0.339 e. The molecule has 2 fully saturated rings. The molecule has 1 aromatic carbocycles. The lowest BCUT2D eigenvalue weighted by atomic mass is 10.0. The number of amides is 1. The maximum absolute atomic E-state index is 12.5. The van der Waals surface area contributed by atoms with Crippen molar-refractivity contribution >= 4 is 28.3 Å². The molecule has 1 aromatic rings. The van der Waals surface area contributed by atoms with E-state index >= 15 is 0 Å². The average Bonchev–Trinajstić information content (AvgIpc) is 3.31. The van der Waals surface area contributed by atoms with Crippen LogP contribution in [0.4, 0.5) is 0 Å². The number of halogens is 1. The molecular formula is C15H22ClN3O3S. The minimum atomic E-state index is -3.53. The normalized spacial score (nSPS) is 19.3. The Balaban J connectivity index is 0.00000192. The van der Waals surface area contributed by atoms with Crippen LogP contribution in [0.15, 0.2) is 29.2 Å². The van der Waals surface area contributed by atoms with E-state index in [4.69, 9.17) is 5.73 Å². The summed E-state index contributed by atoms with van der Waals surface area (Å²) in [6.45, 7) is 1.24. The van der Waals surface area contributed by atoms with Crippen molar-refractivity contribution in [1.82, 2.24) is 9.62 Å². The zero-order valence-electron chi connectivity index (χ0n) is 12.8. The SMILES string of the molecule is Cl.NC1CCN(C(=O)c2cccc(S(=O)(=O)NC3CC3)c2)CC1. The van der Waals surface area contributed by atoms with Crippen molar-refractivity contribution in [1.29, 1.82) is 0 Å². The van der Waals surface area contributed by atoms with E-state index in [0.717, 1.165) is 25.7 Å². The minimum absolute atomic E-state index is 0. The summed E-state index contributed by atoms with van der Waals surface area (Å²) in [5.41, 5.74) is 6.25. The predicted octanol–water partition coefficient (Wildman–Crippen LogP) is 1.11. The van der Waals surface area contributed by atoms with Gasteiger partial charge in [-0.3, -0.25) is 4.79 Å². The third-order valence-corrected chi connectivity index (χ3v) is 5.64.